The monoisotopic (exact) mass is 734 g/mol. The maximum absolute atomic E-state index is 14.4. The molecule has 0 aliphatic heterocycles. The molecule has 0 amide bonds. The molecule has 0 spiro atoms. The summed E-state index contributed by atoms with van der Waals surface area (Å²) in [6.07, 6.45) is 0. The van der Waals surface area contributed by atoms with Crippen molar-refractivity contribution in [1.29, 1.82) is 0 Å². The predicted octanol–water partition coefficient (Wildman–Crippen LogP) is 9.28. The van der Waals surface area contributed by atoms with Crippen LogP contribution in [0.25, 0.3) is 32.3 Å². The van der Waals surface area contributed by atoms with Crippen molar-refractivity contribution in [1.82, 2.24) is 0 Å². The van der Waals surface area contributed by atoms with Crippen molar-refractivity contribution in [2.24, 2.45) is 0 Å². The number of hydrogen-bond donors (Lipinski definition) is 1. The van der Waals surface area contributed by atoms with Crippen LogP contribution in [-0.2, 0) is 20.9 Å². The Bertz CT molecular complexity index is 1820. The van der Waals surface area contributed by atoms with Gasteiger partial charge in [0.1, 0.15) is 19.8 Å². The molecular formula is C29H18F16O4. The van der Waals surface area contributed by atoms with Gasteiger partial charge in [-0.05, 0) is 37.9 Å². The molecule has 20 heteroatoms. The summed E-state index contributed by atoms with van der Waals surface area (Å²) in [5.41, 5.74) is -0.0522. The van der Waals surface area contributed by atoms with Gasteiger partial charge in [0, 0.05) is 0 Å². The van der Waals surface area contributed by atoms with Gasteiger partial charge in [-0.1, -0.05) is 54.6 Å². The van der Waals surface area contributed by atoms with Crippen molar-refractivity contribution in [3.05, 3.63) is 60.2 Å². The van der Waals surface area contributed by atoms with Crippen LogP contribution >= 0.6 is 0 Å². The van der Waals surface area contributed by atoms with E-state index in [2.05, 4.69) is 9.47 Å². The van der Waals surface area contributed by atoms with Gasteiger partial charge in [0.05, 0.1) is 6.61 Å². The zero-order valence-corrected chi connectivity index (χ0v) is 23.7. The van der Waals surface area contributed by atoms with E-state index in [1.807, 2.05) is 0 Å². The van der Waals surface area contributed by atoms with Crippen molar-refractivity contribution in [2.45, 2.75) is 54.0 Å². The number of benzene rings is 4. The first-order valence-corrected chi connectivity index (χ1v) is 13.2. The van der Waals surface area contributed by atoms with Crippen molar-refractivity contribution in [3.8, 4) is 0 Å². The Kier molecular flexibility index (Phi) is 9.24. The van der Waals surface area contributed by atoms with Crippen LogP contribution in [0.2, 0.25) is 0 Å². The van der Waals surface area contributed by atoms with E-state index in [0.29, 0.717) is 26.9 Å². The molecule has 49 heavy (non-hydrogen) atoms. The molecular weight excluding hydrogens is 716 g/mol. The third-order valence-corrected chi connectivity index (χ3v) is 7.56. The number of rotatable bonds is 15. The molecule has 270 valence electrons. The lowest BCUT2D eigenvalue weighted by Gasteiger charge is -2.43. The van der Waals surface area contributed by atoms with Crippen LogP contribution in [-0.4, -0.2) is 78.3 Å². The fourth-order valence-electron chi connectivity index (χ4n) is 4.91. The molecule has 0 saturated carbocycles. The Labute approximate surface area is 262 Å². The first kappa shape index (κ1) is 38.0. The number of carboxylic acids is 1. The minimum atomic E-state index is -8.61. The number of carboxylic acid groups (broad SMARTS) is 1. The van der Waals surface area contributed by atoms with Crippen LogP contribution in [0.15, 0.2) is 54.6 Å². The SMILES string of the molecule is O=C(O)COCC(F)(F)C(F)(F)C(F)(F)C(F)(F)C(F)(F)C(F)(F)C(F)(F)C(F)(F)COCc1ccc2ccc3cccc4ccc1c2c34. The number of hydrogen-bond acceptors (Lipinski definition) is 3. The van der Waals surface area contributed by atoms with E-state index in [4.69, 9.17) is 5.11 Å². The Morgan fingerprint density at radius 1 is 0.510 bits per heavy atom. The predicted molar refractivity (Wildman–Crippen MR) is 138 cm³/mol. The van der Waals surface area contributed by atoms with Crippen LogP contribution in [0.4, 0.5) is 70.2 Å². The molecule has 0 fully saturated rings. The second kappa shape index (κ2) is 11.9. The Morgan fingerprint density at radius 2 is 0.898 bits per heavy atom. The fourth-order valence-corrected chi connectivity index (χ4v) is 4.91. The molecule has 0 bridgehead atoms. The minimum absolute atomic E-state index is 0.0522. The average molecular weight is 734 g/mol. The zero-order chi connectivity index (χ0) is 37.2. The minimum Gasteiger partial charge on any atom is -0.480 e. The van der Waals surface area contributed by atoms with Crippen molar-refractivity contribution in [2.75, 3.05) is 19.8 Å². The zero-order valence-electron chi connectivity index (χ0n) is 23.7. The summed E-state index contributed by atoms with van der Waals surface area (Å²) in [5, 5.41) is 11.6. The lowest BCUT2D eigenvalue weighted by Crippen LogP contribution is -2.75. The highest BCUT2D eigenvalue weighted by atomic mass is 19.4. The summed E-state index contributed by atoms with van der Waals surface area (Å²) in [6, 6.07) is 14.2. The second-order valence-corrected chi connectivity index (χ2v) is 10.8. The molecule has 4 aromatic carbocycles. The number of aliphatic carboxylic acids is 1. The Balaban J connectivity index is 1.59. The normalized spacial score (nSPS) is 14.8. The molecule has 0 aromatic heterocycles. The van der Waals surface area contributed by atoms with Crippen LogP contribution in [0.1, 0.15) is 5.56 Å². The van der Waals surface area contributed by atoms with Crippen LogP contribution in [0.3, 0.4) is 0 Å². The van der Waals surface area contributed by atoms with Crippen molar-refractivity contribution >= 4 is 38.3 Å². The number of carbonyl (C=O) groups is 1. The molecule has 0 unspecified atom stereocenters. The van der Waals surface area contributed by atoms with Gasteiger partial charge in [0.25, 0.3) is 0 Å². The highest BCUT2D eigenvalue weighted by Crippen LogP contribution is 2.63. The number of halogens is 16. The van der Waals surface area contributed by atoms with E-state index in [9.17, 15) is 75.0 Å². The third kappa shape index (κ3) is 5.63. The summed E-state index contributed by atoms with van der Waals surface area (Å²) < 4.78 is 234. The molecule has 0 atom stereocenters. The smallest absolute Gasteiger partial charge is 0.385 e. The molecule has 1 N–H and O–H groups in total. The van der Waals surface area contributed by atoms with E-state index in [1.165, 1.54) is 18.2 Å². The molecule has 0 saturated heterocycles. The molecule has 0 heterocycles. The quantitative estimate of drug-likeness (QED) is 0.0978. The highest BCUT2D eigenvalue weighted by molar-refractivity contribution is 6.23. The number of alkyl halides is 16. The molecule has 4 rings (SSSR count). The van der Waals surface area contributed by atoms with E-state index in [1.54, 1.807) is 36.4 Å². The van der Waals surface area contributed by atoms with Gasteiger partial charge < -0.3 is 14.6 Å². The summed E-state index contributed by atoms with van der Waals surface area (Å²) in [5.74, 6) is -65.2. The van der Waals surface area contributed by atoms with Crippen LogP contribution < -0.4 is 0 Å². The second-order valence-electron chi connectivity index (χ2n) is 10.8. The largest absolute Gasteiger partial charge is 0.480 e. The van der Waals surface area contributed by atoms with Gasteiger partial charge in [-0.2, -0.15) is 70.2 Å². The van der Waals surface area contributed by atoms with Crippen LogP contribution in [0.5, 0.6) is 0 Å². The highest BCUT2D eigenvalue weighted by Gasteiger charge is 2.94. The van der Waals surface area contributed by atoms with Gasteiger partial charge in [-0.25, -0.2) is 4.79 Å². The van der Waals surface area contributed by atoms with Gasteiger partial charge in [0.15, 0.2) is 0 Å². The summed E-state index contributed by atoms with van der Waals surface area (Å²) >= 11 is 0. The molecule has 0 radical (unpaired) electrons. The summed E-state index contributed by atoms with van der Waals surface area (Å²) in [7, 11) is 0. The lowest BCUT2D eigenvalue weighted by atomic mass is 9.88. The van der Waals surface area contributed by atoms with Crippen LogP contribution in [0, 0.1) is 0 Å². The fraction of sp³-hybridized carbons (Fsp3) is 0.414. The maximum Gasteiger partial charge on any atom is 0.385 e. The van der Waals surface area contributed by atoms with E-state index in [-0.39, 0.29) is 10.9 Å². The molecule has 4 aromatic rings. The summed E-state index contributed by atoms with van der Waals surface area (Å²) in [4.78, 5) is 10.2. The molecule has 0 aliphatic rings. The first-order valence-electron chi connectivity index (χ1n) is 13.2. The first-order chi connectivity index (χ1) is 22.2. The topological polar surface area (TPSA) is 55.8 Å². The van der Waals surface area contributed by atoms with E-state index >= 15 is 0 Å². The van der Waals surface area contributed by atoms with Crippen molar-refractivity contribution in [3.63, 3.8) is 0 Å². The summed E-state index contributed by atoms with van der Waals surface area (Å²) in [6.45, 7) is -9.26. The van der Waals surface area contributed by atoms with E-state index < -0.39 is 79.8 Å². The maximum atomic E-state index is 14.4. The molecule has 0 aliphatic carbocycles. The average Bonchev–Trinajstić information content (AvgIpc) is 2.99. The molecule has 4 nitrogen and oxygen atoms in total. The van der Waals surface area contributed by atoms with Gasteiger partial charge in [0.2, 0.25) is 0 Å². The van der Waals surface area contributed by atoms with E-state index in [0.717, 1.165) is 0 Å². The van der Waals surface area contributed by atoms with Gasteiger partial charge in [-0.3, -0.25) is 0 Å². The van der Waals surface area contributed by atoms with Gasteiger partial charge >= 0.3 is 53.3 Å². The Morgan fingerprint density at radius 3 is 1.37 bits per heavy atom. The lowest BCUT2D eigenvalue weighted by molar-refractivity contribution is -0.455. The standard InChI is InChI=1S/C29H18F16O4/c30-22(31,12-48-10-17-7-6-16-5-4-14-2-1-3-15-8-9-18(17)21(16)20(14)15)24(34,35)26(38,39)28(42,43)29(44,45)27(40,41)25(36,37)23(32,33)13-49-11-19(46)47/h1-9H,10-13H2,(H,46,47). The third-order valence-electron chi connectivity index (χ3n) is 7.56. The Hall–Kier alpha value is -3.81. The number of ether oxygens (including phenoxy) is 2. The van der Waals surface area contributed by atoms with Crippen molar-refractivity contribution < 1.29 is 89.6 Å². The van der Waals surface area contributed by atoms with Gasteiger partial charge in [-0.15, -0.1) is 0 Å².